The molecule has 0 saturated carbocycles. The summed E-state index contributed by atoms with van der Waals surface area (Å²) in [5.74, 6) is 1.28. The Hall–Kier alpha value is -1.89. The molecule has 2 amide bonds. The van der Waals surface area contributed by atoms with Gasteiger partial charge in [-0.1, -0.05) is 48.3 Å². The van der Waals surface area contributed by atoms with E-state index < -0.39 is 6.04 Å². The van der Waals surface area contributed by atoms with E-state index in [4.69, 9.17) is 27.9 Å². The second-order valence-corrected chi connectivity index (χ2v) is 8.47. The summed E-state index contributed by atoms with van der Waals surface area (Å²) in [6.07, 6.45) is 0.523. The highest BCUT2D eigenvalue weighted by Crippen LogP contribution is 2.25. The smallest absolute Gasteiger partial charge is 0.242 e. The predicted molar refractivity (Wildman–Crippen MR) is 124 cm³/mol. The number of rotatable bonds is 10. The van der Waals surface area contributed by atoms with Crippen LogP contribution in [-0.4, -0.2) is 42.7 Å². The lowest BCUT2D eigenvalue weighted by Gasteiger charge is -2.30. The minimum atomic E-state index is -0.538. The second-order valence-electron chi connectivity index (χ2n) is 6.64. The van der Waals surface area contributed by atoms with Gasteiger partial charge in [0.25, 0.3) is 0 Å². The van der Waals surface area contributed by atoms with Crippen molar-refractivity contribution in [3.8, 4) is 5.75 Å². The molecule has 8 heteroatoms. The average molecular weight is 469 g/mol. The number of carbonyl (C=O) groups excluding carboxylic acids is 2. The van der Waals surface area contributed by atoms with Crippen molar-refractivity contribution in [2.24, 2.45) is 0 Å². The van der Waals surface area contributed by atoms with E-state index in [9.17, 15) is 9.59 Å². The van der Waals surface area contributed by atoms with Crippen molar-refractivity contribution in [1.82, 2.24) is 10.2 Å². The number of hydrogen-bond acceptors (Lipinski definition) is 4. The number of halogens is 2. The molecule has 0 aromatic heterocycles. The number of carbonyl (C=O) groups is 2. The third kappa shape index (κ3) is 6.83. The number of nitrogens with zero attached hydrogens (tertiary/aromatic N) is 1. The maximum atomic E-state index is 13.1. The molecule has 0 spiro atoms. The highest BCUT2D eigenvalue weighted by atomic mass is 35.5. The molecule has 30 heavy (non-hydrogen) atoms. The molecule has 0 aliphatic heterocycles. The lowest BCUT2D eigenvalue weighted by molar-refractivity contribution is -0.139. The third-order valence-electron chi connectivity index (χ3n) is 4.64. The van der Waals surface area contributed by atoms with Crippen LogP contribution < -0.4 is 10.1 Å². The monoisotopic (exact) mass is 468 g/mol. The van der Waals surface area contributed by atoms with Crippen molar-refractivity contribution < 1.29 is 14.3 Å². The van der Waals surface area contributed by atoms with Gasteiger partial charge in [0.1, 0.15) is 11.8 Å². The fraction of sp³-hybridized carbons (Fsp3) is 0.364. The van der Waals surface area contributed by atoms with E-state index in [2.05, 4.69) is 5.32 Å². The van der Waals surface area contributed by atoms with Gasteiger partial charge in [-0.2, -0.15) is 0 Å². The zero-order chi connectivity index (χ0) is 22.1. The van der Waals surface area contributed by atoms with Gasteiger partial charge in [-0.15, -0.1) is 11.8 Å². The largest absolute Gasteiger partial charge is 0.497 e. The first-order chi connectivity index (χ1) is 14.4. The quantitative estimate of drug-likeness (QED) is 0.544. The van der Waals surface area contributed by atoms with Gasteiger partial charge >= 0.3 is 0 Å². The molecule has 1 atom stereocenters. The summed E-state index contributed by atoms with van der Waals surface area (Å²) in [5.41, 5.74) is 1.84. The van der Waals surface area contributed by atoms with E-state index in [-0.39, 0.29) is 17.6 Å². The number of thioether (sulfide) groups is 1. The molecule has 2 aromatic carbocycles. The van der Waals surface area contributed by atoms with E-state index in [1.54, 1.807) is 31.2 Å². The molecule has 0 bridgehead atoms. The van der Waals surface area contributed by atoms with Gasteiger partial charge in [-0.05, 0) is 41.8 Å². The summed E-state index contributed by atoms with van der Waals surface area (Å²) < 4.78 is 5.19. The van der Waals surface area contributed by atoms with Crippen LogP contribution in [0.1, 0.15) is 24.5 Å². The fourth-order valence-electron chi connectivity index (χ4n) is 2.98. The molecule has 0 heterocycles. The van der Waals surface area contributed by atoms with Crippen LogP contribution in [0.4, 0.5) is 0 Å². The summed E-state index contributed by atoms with van der Waals surface area (Å²) in [6.45, 7) is 2.24. The zero-order valence-electron chi connectivity index (χ0n) is 17.3. The molecule has 0 radical (unpaired) electrons. The molecular weight excluding hydrogens is 443 g/mol. The van der Waals surface area contributed by atoms with Gasteiger partial charge in [0.05, 0.1) is 12.9 Å². The van der Waals surface area contributed by atoms with Gasteiger partial charge in [0.15, 0.2) is 0 Å². The van der Waals surface area contributed by atoms with Crippen molar-refractivity contribution in [3.05, 3.63) is 63.6 Å². The third-order valence-corrected chi connectivity index (χ3v) is 6.20. The fourth-order valence-corrected chi connectivity index (χ4v) is 4.45. The first-order valence-corrected chi connectivity index (χ1v) is 11.5. The number of likely N-dealkylation sites (N-methyl/N-ethyl adjacent to an activating group) is 1. The number of ether oxygens (including phenoxy) is 1. The molecule has 2 rings (SSSR count). The van der Waals surface area contributed by atoms with Crippen LogP contribution in [0.2, 0.25) is 10.0 Å². The molecule has 0 aliphatic carbocycles. The lowest BCUT2D eigenvalue weighted by Crippen LogP contribution is -2.48. The van der Waals surface area contributed by atoms with Crippen LogP contribution in [0.25, 0.3) is 0 Å². The van der Waals surface area contributed by atoms with Crippen molar-refractivity contribution in [2.75, 3.05) is 19.9 Å². The van der Waals surface area contributed by atoms with Crippen molar-refractivity contribution in [1.29, 1.82) is 0 Å². The number of methoxy groups -OCH3 is 1. The molecule has 0 unspecified atom stereocenters. The van der Waals surface area contributed by atoms with Gasteiger partial charge in [0.2, 0.25) is 11.8 Å². The number of hydrogen-bond donors (Lipinski definition) is 1. The van der Waals surface area contributed by atoms with Crippen molar-refractivity contribution in [2.45, 2.75) is 31.7 Å². The van der Waals surface area contributed by atoms with Gasteiger partial charge in [-0.25, -0.2) is 0 Å². The summed E-state index contributed by atoms with van der Waals surface area (Å²) in [4.78, 5) is 27.1. The first kappa shape index (κ1) is 24.4. The van der Waals surface area contributed by atoms with E-state index in [1.807, 2.05) is 37.3 Å². The molecular formula is C22H26Cl2N2O3S. The molecule has 1 N–H and O–H groups in total. The summed E-state index contributed by atoms with van der Waals surface area (Å²) in [5, 5.41) is 3.81. The van der Waals surface area contributed by atoms with Crippen LogP contribution in [0.15, 0.2) is 42.5 Å². The minimum Gasteiger partial charge on any atom is -0.497 e. The van der Waals surface area contributed by atoms with Crippen molar-refractivity contribution in [3.63, 3.8) is 0 Å². The predicted octanol–water partition coefficient (Wildman–Crippen LogP) is 4.79. The normalized spacial score (nSPS) is 11.6. The van der Waals surface area contributed by atoms with Crippen LogP contribution in [0, 0.1) is 0 Å². The lowest BCUT2D eigenvalue weighted by atomic mass is 10.1. The summed E-state index contributed by atoms with van der Waals surface area (Å²) >= 11 is 13.6. The highest BCUT2D eigenvalue weighted by molar-refractivity contribution is 7.99. The van der Waals surface area contributed by atoms with Gasteiger partial charge < -0.3 is 15.0 Å². The van der Waals surface area contributed by atoms with E-state index >= 15 is 0 Å². The van der Waals surface area contributed by atoms with Gasteiger partial charge in [0, 0.05) is 29.4 Å². The van der Waals surface area contributed by atoms with Crippen LogP contribution in [-0.2, 0) is 21.9 Å². The van der Waals surface area contributed by atoms with E-state index in [0.29, 0.717) is 28.8 Å². The van der Waals surface area contributed by atoms with Crippen LogP contribution >= 0.6 is 35.0 Å². The number of nitrogens with one attached hydrogen (secondary N) is 1. The second kappa shape index (κ2) is 12.1. The summed E-state index contributed by atoms with van der Waals surface area (Å²) in [7, 11) is 3.19. The van der Waals surface area contributed by atoms with Gasteiger partial charge in [-0.3, -0.25) is 9.59 Å². The number of benzene rings is 2. The zero-order valence-corrected chi connectivity index (χ0v) is 19.6. The molecule has 5 nitrogen and oxygen atoms in total. The van der Waals surface area contributed by atoms with E-state index in [0.717, 1.165) is 16.9 Å². The van der Waals surface area contributed by atoms with Crippen LogP contribution in [0.3, 0.4) is 0 Å². The van der Waals surface area contributed by atoms with Crippen LogP contribution in [0.5, 0.6) is 5.75 Å². The molecule has 162 valence electrons. The number of amides is 2. The Morgan fingerprint density at radius 2 is 1.87 bits per heavy atom. The van der Waals surface area contributed by atoms with E-state index in [1.165, 1.54) is 11.8 Å². The Labute approximate surface area is 192 Å². The molecule has 2 aromatic rings. The maximum Gasteiger partial charge on any atom is 0.242 e. The summed E-state index contributed by atoms with van der Waals surface area (Å²) in [6, 6.07) is 12.3. The Balaban J connectivity index is 2.11. The average Bonchev–Trinajstić information content (AvgIpc) is 2.75. The minimum absolute atomic E-state index is 0.101. The Bertz CT molecular complexity index is 862. The first-order valence-electron chi connectivity index (χ1n) is 9.55. The Kier molecular flexibility index (Phi) is 9.82. The molecule has 0 aliphatic rings. The topological polar surface area (TPSA) is 58.6 Å². The molecule has 0 fully saturated rings. The standard InChI is InChI=1S/C22H26Cl2N2O3S/c1-4-20(22(28)25-2)26(12-15-5-9-18(29-3)10-6-15)21(27)14-30-13-16-7-8-17(23)11-19(16)24/h5-11,20H,4,12-14H2,1-3H3,(H,25,28)/t20-/m0/s1. The Morgan fingerprint density at radius 3 is 2.43 bits per heavy atom. The maximum absolute atomic E-state index is 13.1. The van der Waals surface area contributed by atoms with Crippen molar-refractivity contribution >= 4 is 46.8 Å². The Morgan fingerprint density at radius 1 is 1.17 bits per heavy atom. The molecule has 0 saturated heterocycles. The SMILES string of the molecule is CC[C@@H](C(=O)NC)N(Cc1ccc(OC)cc1)C(=O)CSCc1ccc(Cl)cc1Cl. The highest BCUT2D eigenvalue weighted by Gasteiger charge is 2.27.